The molecule has 1 saturated carbocycles. The van der Waals surface area contributed by atoms with E-state index in [0.29, 0.717) is 24.6 Å². The second-order valence-corrected chi connectivity index (χ2v) is 6.54. The quantitative estimate of drug-likeness (QED) is 0.900. The van der Waals surface area contributed by atoms with Crippen molar-refractivity contribution >= 4 is 17.4 Å². The highest BCUT2D eigenvalue weighted by Gasteiger charge is 2.29. The molecule has 0 bridgehead atoms. The van der Waals surface area contributed by atoms with E-state index in [2.05, 4.69) is 58.4 Å². The summed E-state index contributed by atoms with van der Waals surface area (Å²) in [5, 5.41) is 10.5. The molecule has 122 valence electrons. The van der Waals surface area contributed by atoms with Gasteiger partial charge in [0, 0.05) is 18.9 Å². The zero-order valence-electron chi connectivity index (χ0n) is 13.5. The van der Waals surface area contributed by atoms with Crippen LogP contribution in [-0.2, 0) is 4.79 Å². The first-order valence-electron chi connectivity index (χ1n) is 7.99. The number of hydrogen-bond acceptors (Lipinski definition) is 6. The van der Waals surface area contributed by atoms with E-state index in [-0.39, 0.29) is 23.6 Å². The van der Waals surface area contributed by atoms with Crippen LogP contribution in [0.1, 0.15) is 56.1 Å². The molecule has 1 fully saturated rings. The summed E-state index contributed by atoms with van der Waals surface area (Å²) in [6.45, 7) is 4.35. The number of hydrogen-bond donors (Lipinski definition) is 2. The largest absolute Gasteiger partial charge is 0.378 e. The fourth-order valence-corrected chi connectivity index (χ4v) is 3.15. The number of carbonyl (C=O) groups excluding carboxylic acids is 1. The Hall–Kier alpha value is -2.37. The molecule has 1 heterocycles. The number of anilines is 2. The maximum Gasteiger partial charge on any atom is 0.215 e. The molecule has 1 aliphatic rings. The zero-order chi connectivity index (χ0) is 16.4. The normalized spacial score (nSPS) is 21.6. The number of nitrogens with zero attached hydrogens (tertiary/aromatic N) is 2. The summed E-state index contributed by atoms with van der Waals surface area (Å²) < 4.78 is 4.59. The Labute approximate surface area is 135 Å². The molecule has 0 spiro atoms. The lowest BCUT2D eigenvalue weighted by Crippen LogP contribution is -2.31. The van der Waals surface area contributed by atoms with Crippen molar-refractivity contribution in [3.05, 3.63) is 35.4 Å². The highest BCUT2D eigenvalue weighted by atomic mass is 16.6. The molecule has 1 aromatic heterocycles. The molecule has 2 aromatic rings. The third kappa shape index (κ3) is 3.52. The van der Waals surface area contributed by atoms with Gasteiger partial charge in [0.1, 0.15) is 5.78 Å². The average molecular weight is 314 g/mol. The van der Waals surface area contributed by atoms with Crippen LogP contribution in [0, 0.1) is 0 Å². The minimum absolute atomic E-state index is 0.000209. The van der Waals surface area contributed by atoms with Crippen LogP contribution >= 0.6 is 0 Å². The minimum Gasteiger partial charge on any atom is -0.378 e. The van der Waals surface area contributed by atoms with Crippen molar-refractivity contribution in [1.82, 2.24) is 10.3 Å². The average Bonchev–Trinajstić information content (AvgIpc) is 2.92. The van der Waals surface area contributed by atoms with E-state index < -0.39 is 0 Å². The molecule has 3 N–H and O–H groups in total. The van der Waals surface area contributed by atoms with Crippen LogP contribution in [0.25, 0.3) is 0 Å². The molecule has 0 unspecified atom stereocenters. The van der Waals surface area contributed by atoms with E-state index in [1.54, 1.807) is 0 Å². The van der Waals surface area contributed by atoms with Gasteiger partial charge in [-0.3, -0.25) is 4.79 Å². The molecule has 0 radical (unpaired) electrons. The van der Waals surface area contributed by atoms with Crippen molar-refractivity contribution in [3.8, 4) is 0 Å². The Balaban J connectivity index is 1.72. The predicted octanol–water partition coefficient (Wildman–Crippen LogP) is 3.09. The van der Waals surface area contributed by atoms with E-state index in [0.717, 1.165) is 6.42 Å². The van der Waals surface area contributed by atoms with Gasteiger partial charge in [-0.2, -0.15) is 0 Å². The summed E-state index contributed by atoms with van der Waals surface area (Å²) >= 11 is 0. The summed E-state index contributed by atoms with van der Waals surface area (Å²) in [7, 11) is 0. The van der Waals surface area contributed by atoms with Gasteiger partial charge in [-0.05, 0) is 39.7 Å². The number of Topliss-reactive ketones (excluding diaryl/α,β-unsaturated/α-hetero) is 1. The zero-order valence-corrected chi connectivity index (χ0v) is 13.5. The first kappa shape index (κ1) is 15.5. The number of ketones is 1. The number of aromatic nitrogens is 2. The second kappa shape index (κ2) is 6.40. The molecule has 2 atom stereocenters. The SMILES string of the molecule is CC(C)c1ccc([C@@H]2CC(=O)C[C@@H](Nc3nonc3N)C2)cc1. The van der Waals surface area contributed by atoms with Gasteiger partial charge in [-0.1, -0.05) is 38.1 Å². The van der Waals surface area contributed by atoms with Crippen molar-refractivity contribution in [3.63, 3.8) is 0 Å². The number of nitrogens with one attached hydrogen (secondary N) is 1. The molecule has 6 nitrogen and oxygen atoms in total. The maximum absolute atomic E-state index is 12.1. The molecule has 0 aliphatic heterocycles. The van der Waals surface area contributed by atoms with Crippen molar-refractivity contribution in [2.24, 2.45) is 0 Å². The predicted molar refractivity (Wildman–Crippen MR) is 88.3 cm³/mol. The third-order valence-electron chi connectivity index (χ3n) is 4.45. The summed E-state index contributed by atoms with van der Waals surface area (Å²) in [5.41, 5.74) is 8.19. The highest BCUT2D eigenvalue weighted by molar-refractivity contribution is 5.81. The van der Waals surface area contributed by atoms with Gasteiger partial charge in [-0.25, -0.2) is 4.63 Å². The van der Waals surface area contributed by atoms with E-state index in [9.17, 15) is 4.79 Å². The summed E-state index contributed by atoms with van der Waals surface area (Å²) in [5.74, 6) is 1.62. The second-order valence-electron chi connectivity index (χ2n) is 6.54. The van der Waals surface area contributed by atoms with Gasteiger partial charge in [0.05, 0.1) is 0 Å². The van der Waals surface area contributed by atoms with Crippen LogP contribution in [0.15, 0.2) is 28.9 Å². The van der Waals surface area contributed by atoms with Crippen LogP contribution in [0.4, 0.5) is 11.6 Å². The maximum atomic E-state index is 12.1. The van der Waals surface area contributed by atoms with Gasteiger partial charge in [0.2, 0.25) is 11.6 Å². The van der Waals surface area contributed by atoms with E-state index >= 15 is 0 Å². The first-order valence-corrected chi connectivity index (χ1v) is 7.99. The molecule has 1 aromatic carbocycles. The Morgan fingerprint density at radius 1 is 1.22 bits per heavy atom. The van der Waals surface area contributed by atoms with E-state index in [1.165, 1.54) is 11.1 Å². The lowest BCUT2D eigenvalue weighted by molar-refractivity contribution is -0.120. The van der Waals surface area contributed by atoms with Gasteiger partial charge in [0.15, 0.2) is 0 Å². The van der Waals surface area contributed by atoms with Gasteiger partial charge < -0.3 is 11.1 Å². The van der Waals surface area contributed by atoms with Gasteiger partial charge in [0.25, 0.3) is 0 Å². The van der Waals surface area contributed by atoms with Crippen LogP contribution in [0.3, 0.4) is 0 Å². The smallest absolute Gasteiger partial charge is 0.215 e. The fraction of sp³-hybridized carbons (Fsp3) is 0.471. The van der Waals surface area contributed by atoms with Crippen LogP contribution in [-0.4, -0.2) is 22.1 Å². The number of nitrogen functional groups attached to an aromatic ring is 1. The van der Waals surface area contributed by atoms with Crippen LogP contribution < -0.4 is 11.1 Å². The fourth-order valence-electron chi connectivity index (χ4n) is 3.15. The Morgan fingerprint density at radius 2 is 1.96 bits per heavy atom. The van der Waals surface area contributed by atoms with Crippen LogP contribution in [0.2, 0.25) is 0 Å². The topological polar surface area (TPSA) is 94.0 Å². The highest BCUT2D eigenvalue weighted by Crippen LogP contribution is 2.33. The minimum atomic E-state index is 0.000209. The monoisotopic (exact) mass is 314 g/mol. The van der Waals surface area contributed by atoms with Crippen molar-refractivity contribution in [1.29, 1.82) is 0 Å². The lowest BCUT2D eigenvalue weighted by atomic mass is 9.80. The van der Waals surface area contributed by atoms with Gasteiger partial charge in [-0.15, -0.1) is 0 Å². The van der Waals surface area contributed by atoms with E-state index in [4.69, 9.17) is 5.73 Å². The number of carbonyl (C=O) groups is 1. The molecule has 6 heteroatoms. The summed E-state index contributed by atoms with van der Waals surface area (Å²) in [6, 6.07) is 8.59. The Kier molecular flexibility index (Phi) is 4.32. The molecule has 0 saturated heterocycles. The molecular weight excluding hydrogens is 292 g/mol. The molecule has 3 rings (SSSR count). The third-order valence-corrected chi connectivity index (χ3v) is 4.45. The number of rotatable bonds is 4. The lowest BCUT2D eigenvalue weighted by Gasteiger charge is -2.29. The molecule has 0 amide bonds. The summed E-state index contributed by atoms with van der Waals surface area (Å²) in [4.78, 5) is 12.1. The summed E-state index contributed by atoms with van der Waals surface area (Å²) in [6.07, 6.45) is 1.93. The molecule has 1 aliphatic carbocycles. The molecule has 23 heavy (non-hydrogen) atoms. The molecular formula is C17H22N4O2. The van der Waals surface area contributed by atoms with Crippen molar-refractivity contribution in [2.75, 3.05) is 11.1 Å². The first-order chi connectivity index (χ1) is 11.0. The standard InChI is InChI=1S/C17H22N4O2/c1-10(2)11-3-5-12(6-4-11)13-7-14(9-15(22)8-13)19-17-16(18)20-23-21-17/h3-6,10,13-14H,7-9H2,1-2H3,(H2,18,20)(H,19,21)/t13-,14-/m0/s1. The number of nitrogens with two attached hydrogens (primary N) is 1. The van der Waals surface area contributed by atoms with Crippen molar-refractivity contribution in [2.45, 2.75) is 51.0 Å². The Bertz CT molecular complexity index is 678. The number of benzene rings is 1. The van der Waals surface area contributed by atoms with Gasteiger partial charge >= 0.3 is 0 Å². The van der Waals surface area contributed by atoms with E-state index in [1.807, 2.05) is 0 Å². The Morgan fingerprint density at radius 3 is 2.57 bits per heavy atom. The van der Waals surface area contributed by atoms with Crippen LogP contribution in [0.5, 0.6) is 0 Å². The van der Waals surface area contributed by atoms with Crippen molar-refractivity contribution < 1.29 is 9.42 Å².